The second kappa shape index (κ2) is 11.1. The number of aromatic amines is 1. The van der Waals surface area contributed by atoms with Crippen LogP contribution in [-0.4, -0.2) is 81.5 Å². The van der Waals surface area contributed by atoms with Crippen LogP contribution in [-0.2, 0) is 4.79 Å². The van der Waals surface area contributed by atoms with Crippen molar-refractivity contribution in [3.8, 4) is 11.5 Å². The van der Waals surface area contributed by atoms with E-state index in [1.54, 1.807) is 6.08 Å². The van der Waals surface area contributed by atoms with Gasteiger partial charge in [-0.3, -0.25) is 19.2 Å². The highest BCUT2D eigenvalue weighted by molar-refractivity contribution is 6.01. The molecular formula is C30H38N8O3. The quantitative estimate of drug-likeness (QED) is 0.307. The van der Waals surface area contributed by atoms with Crippen LogP contribution in [0.1, 0.15) is 42.9 Å². The molecule has 0 atom stereocenters. The number of likely N-dealkylation sites (N-methyl/N-ethyl adjacent to an activating group) is 1. The maximum atomic E-state index is 12.7. The number of carbonyl (C=O) groups excluding carboxylic acids is 1. The number of rotatable bonds is 6. The summed E-state index contributed by atoms with van der Waals surface area (Å²) >= 11 is 0. The molecule has 4 N–H and O–H groups in total. The summed E-state index contributed by atoms with van der Waals surface area (Å²) in [5.74, 6) is 0.806. The molecule has 1 aliphatic carbocycles. The van der Waals surface area contributed by atoms with Gasteiger partial charge in [0.2, 0.25) is 5.91 Å². The molecule has 3 aromatic heterocycles. The summed E-state index contributed by atoms with van der Waals surface area (Å²) in [5, 5.41) is 16.0. The second-order valence-electron chi connectivity index (χ2n) is 11.5. The first kappa shape index (κ1) is 27.2. The van der Waals surface area contributed by atoms with Crippen LogP contribution in [0.3, 0.4) is 0 Å². The lowest BCUT2D eigenvalue weighted by atomic mass is 9.91. The number of piperazine rings is 1. The van der Waals surface area contributed by atoms with Gasteiger partial charge in [-0.25, -0.2) is 5.10 Å². The number of hydrogen-bond donors (Lipinski definition) is 3. The zero-order valence-electron chi connectivity index (χ0n) is 23.9. The number of nitrogens with zero attached hydrogens (tertiary/aromatic N) is 5. The topological polar surface area (TPSA) is 138 Å². The van der Waals surface area contributed by atoms with Crippen molar-refractivity contribution in [3.05, 3.63) is 51.8 Å². The van der Waals surface area contributed by atoms with E-state index in [9.17, 15) is 9.59 Å². The Kier molecular flexibility index (Phi) is 7.39. The number of nitrogens with one attached hydrogen (secondary N) is 2. The van der Waals surface area contributed by atoms with Gasteiger partial charge < -0.3 is 20.4 Å². The van der Waals surface area contributed by atoms with Crippen LogP contribution in [0.15, 0.2) is 39.6 Å². The van der Waals surface area contributed by atoms with Crippen molar-refractivity contribution in [2.75, 3.05) is 45.5 Å². The summed E-state index contributed by atoms with van der Waals surface area (Å²) in [6, 6.07) is 6.19. The van der Waals surface area contributed by atoms with Crippen molar-refractivity contribution in [2.45, 2.75) is 51.6 Å². The normalized spacial score (nSPS) is 20.9. The summed E-state index contributed by atoms with van der Waals surface area (Å²) in [4.78, 5) is 30.0. The van der Waals surface area contributed by atoms with Gasteiger partial charge in [-0.2, -0.15) is 10.2 Å². The lowest BCUT2D eigenvalue weighted by Crippen LogP contribution is -2.44. The van der Waals surface area contributed by atoms with Gasteiger partial charge >= 0.3 is 0 Å². The first-order valence-electron chi connectivity index (χ1n) is 14.4. The fourth-order valence-corrected chi connectivity index (χ4v) is 6.15. The Balaban J connectivity index is 1.20. The van der Waals surface area contributed by atoms with E-state index in [4.69, 9.17) is 15.2 Å². The molecule has 6 rings (SSSR count). The number of carbonyl (C=O) groups is 1. The maximum Gasteiger partial charge on any atom is 0.292 e. The number of furan rings is 1. The molecule has 0 radical (unpaired) electrons. The molecule has 4 aromatic rings. The molecule has 1 saturated heterocycles. The smallest absolute Gasteiger partial charge is 0.292 e. The van der Waals surface area contributed by atoms with E-state index in [1.807, 2.05) is 36.7 Å². The van der Waals surface area contributed by atoms with Gasteiger partial charge in [0.05, 0.1) is 11.4 Å². The van der Waals surface area contributed by atoms with Crippen LogP contribution in [0, 0.1) is 13.8 Å². The summed E-state index contributed by atoms with van der Waals surface area (Å²) in [7, 11) is 2.14. The summed E-state index contributed by atoms with van der Waals surface area (Å²) in [6.45, 7) is 9.03. The van der Waals surface area contributed by atoms with Crippen molar-refractivity contribution in [2.24, 2.45) is 0 Å². The largest absolute Gasteiger partial charge is 0.454 e. The van der Waals surface area contributed by atoms with Gasteiger partial charge in [-0.1, -0.05) is 17.7 Å². The Morgan fingerprint density at radius 3 is 2.68 bits per heavy atom. The molecule has 4 heterocycles. The number of fused-ring (bicyclic) bond motifs is 2. The van der Waals surface area contributed by atoms with Crippen molar-refractivity contribution in [1.82, 2.24) is 35.1 Å². The maximum absolute atomic E-state index is 12.7. The highest BCUT2D eigenvalue weighted by atomic mass is 16.3. The molecule has 1 amide bonds. The van der Waals surface area contributed by atoms with Crippen molar-refractivity contribution >= 4 is 33.6 Å². The van der Waals surface area contributed by atoms with Gasteiger partial charge in [-0.15, -0.1) is 0 Å². The first-order chi connectivity index (χ1) is 19.8. The predicted molar refractivity (Wildman–Crippen MR) is 160 cm³/mol. The standard InChI is InChI=1S/C30H38N8O3/c1-18-6-11-23-22(17-18)19(2)28(41-23)27-25-26(30(40)34-33-29(25)31)35-38(27)21-9-7-20(8-10-21)32-24(39)5-4-12-37-15-13-36(3)14-16-37/h4-6,11,17,20-21H,7-10,12-16H2,1-3H3,(H2,31,33)(H,32,39)(H,34,40)/b5-4+. The van der Waals surface area contributed by atoms with Crippen LogP contribution in [0.4, 0.5) is 5.82 Å². The zero-order valence-corrected chi connectivity index (χ0v) is 23.9. The predicted octanol–water partition coefficient (Wildman–Crippen LogP) is 3.14. The number of hydrogen-bond acceptors (Lipinski definition) is 8. The Hall–Kier alpha value is -3.96. The molecule has 1 saturated carbocycles. The van der Waals surface area contributed by atoms with Gasteiger partial charge in [0.1, 0.15) is 11.3 Å². The molecule has 41 heavy (non-hydrogen) atoms. The number of aromatic nitrogens is 4. The van der Waals surface area contributed by atoms with Gasteiger partial charge in [-0.05, 0) is 58.7 Å². The number of benzene rings is 1. The number of anilines is 1. The number of nitrogens with two attached hydrogens (primary N) is 1. The molecule has 11 nitrogen and oxygen atoms in total. The molecule has 1 aromatic carbocycles. The highest BCUT2D eigenvalue weighted by Gasteiger charge is 2.31. The minimum absolute atomic E-state index is 0.0199. The summed E-state index contributed by atoms with van der Waals surface area (Å²) in [6.07, 6.45) is 6.82. The minimum Gasteiger partial charge on any atom is -0.454 e. The monoisotopic (exact) mass is 558 g/mol. The molecule has 216 valence electrons. The molecule has 2 aliphatic rings. The van der Waals surface area contributed by atoms with Crippen LogP contribution < -0.4 is 16.6 Å². The van der Waals surface area contributed by atoms with E-state index in [1.165, 1.54) is 0 Å². The number of aryl methyl sites for hydroxylation is 2. The van der Waals surface area contributed by atoms with Crippen LogP contribution in [0.2, 0.25) is 0 Å². The van der Waals surface area contributed by atoms with E-state index in [-0.39, 0.29) is 34.9 Å². The molecule has 0 spiro atoms. The third-order valence-corrected chi connectivity index (χ3v) is 8.58. The van der Waals surface area contributed by atoms with Crippen LogP contribution >= 0.6 is 0 Å². The van der Waals surface area contributed by atoms with Crippen LogP contribution in [0.5, 0.6) is 0 Å². The summed E-state index contributed by atoms with van der Waals surface area (Å²) < 4.78 is 8.27. The fraction of sp³-hybridized carbons (Fsp3) is 0.467. The van der Waals surface area contributed by atoms with Gasteiger partial charge in [0.25, 0.3) is 5.56 Å². The first-order valence-corrected chi connectivity index (χ1v) is 14.4. The van der Waals surface area contributed by atoms with Crippen LogP contribution in [0.25, 0.3) is 33.3 Å². The lowest BCUT2D eigenvalue weighted by Gasteiger charge is -2.31. The number of amides is 1. The van der Waals surface area contributed by atoms with E-state index in [2.05, 4.69) is 38.4 Å². The van der Waals surface area contributed by atoms with Crippen molar-refractivity contribution < 1.29 is 9.21 Å². The van der Waals surface area contributed by atoms with E-state index in [0.29, 0.717) is 16.8 Å². The fourth-order valence-electron chi connectivity index (χ4n) is 6.15. The lowest BCUT2D eigenvalue weighted by molar-refractivity contribution is -0.117. The molecule has 2 fully saturated rings. The average molecular weight is 559 g/mol. The highest BCUT2D eigenvalue weighted by Crippen LogP contribution is 2.41. The number of nitrogen functional groups attached to an aromatic ring is 1. The molecule has 11 heteroatoms. The second-order valence-corrected chi connectivity index (χ2v) is 11.5. The van der Waals surface area contributed by atoms with Crippen molar-refractivity contribution in [1.29, 1.82) is 0 Å². The third kappa shape index (κ3) is 5.39. The van der Waals surface area contributed by atoms with E-state index >= 15 is 0 Å². The van der Waals surface area contributed by atoms with E-state index < -0.39 is 0 Å². The Morgan fingerprint density at radius 1 is 1.17 bits per heavy atom. The summed E-state index contributed by atoms with van der Waals surface area (Å²) in [5.41, 5.74) is 9.74. The molecular weight excluding hydrogens is 520 g/mol. The average Bonchev–Trinajstić information content (AvgIpc) is 3.51. The minimum atomic E-state index is -0.386. The molecule has 0 unspecified atom stereocenters. The SMILES string of the molecule is Cc1ccc2oc(-c3c4c(N)n[nH]c(=O)c4nn3C3CCC(NC(=O)/C=C/CN4CCN(C)CC4)CC3)c(C)c2c1. The van der Waals surface area contributed by atoms with Crippen molar-refractivity contribution in [3.63, 3.8) is 0 Å². The van der Waals surface area contributed by atoms with Gasteiger partial charge in [0, 0.05) is 55.8 Å². The Bertz CT molecular complexity index is 1670. The third-order valence-electron chi connectivity index (χ3n) is 8.58. The molecule has 0 bridgehead atoms. The van der Waals surface area contributed by atoms with E-state index in [0.717, 1.165) is 80.5 Å². The molecule has 1 aliphatic heterocycles. The number of H-pyrrole nitrogens is 1. The Labute approximate surface area is 238 Å². The van der Waals surface area contributed by atoms with Gasteiger partial charge in [0.15, 0.2) is 17.1 Å². The zero-order chi connectivity index (χ0) is 28.7. The Morgan fingerprint density at radius 2 is 1.93 bits per heavy atom.